The van der Waals surface area contributed by atoms with Crippen LogP contribution in [0.2, 0.25) is 0 Å². The van der Waals surface area contributed by atoms with Gasteiger partial charge in [0.2, 0.25) is 0 Å². The van der Waals surface area contributed by atoms with E-state index in [0.29, 0.717) is 17.1 Å². The molecule has 0 radical (unpaired) electrons. The molecule has 3 rings (SSSR count). The number of ether oxygens (including phenoxy) is 1. The van der Waals surface area contributed by atoms with Crippen LogP contribution in [-0.2, 0) is 4.79 Å². The molecule has 5 N–H and O–H groups in total. The Morgan fingerprint density at radius 3 is 2.81 bits per heavy atom. The Morgan fingerprint density at radius 1 is 1.33 bits per heavy atom. The summed E-state index contributed by atoms with van der Waals surface area (Å²) >= 11 is 0. The third kappa shape index (κ3) is 2.76. The van der Waals surface area contributed by atoms with Gasteiger partial charge in [0, 0.05) is 6.07 Å². The lowest BCUT2D eigenvalue weighted by Crippen LogP contribution is -2.44. The molecule has 6 nitrogen and oxygen atoms in total. The predicted molar refractivity (Wildman–Crippen MR) is 81.5 cm³/mol. The number of nitrogens with one attached hydrogen (secondary N) is 2. The molecule has 0 atom stereocenters. The van der Waals surface area contributed by atoms with Gasteiger partial charge in [-0.2, -0.15) is 0 Å². The molecule has 2 aliphatic rings. The predicted octanol–water partition coefficient (Wildman–Crippen LogP) is 1.71. The molecule has 1 aromatic rings. The maximum absolute atomic E-state index is 11.4. The first-order chi connectivity index (χ1) is 10.1. The summed E-state index contributed by atoms with van der Waals surface area (Å²) in [4.78, 5) is 11.4. The van der Waals surface area contributed by atoms with E-state index in [1.54, 1.807) is 12.1 Å². The average Bonchev–Trinajstić information content (AvgIpc) is 2.49. The fraction of sp³-hybridized carbons (Fsp3) is 0.533. The van der Waals surface area contributed by atoms with E-state index in [4.69, 9.17) is 10.5 Å². The molecular formula is C15H21N3O3. The lowest BCUT2D eigenvalue weighted by Gasteiger charge is -2.38. The van der Waals surface area contributed by atoms with Gasteiger partial charge in [0.15, 0.2) is 6.61 Å². The number of benzene rings is 1. The molecule has 0 unspecified atom stereocenters. The maximum Gasteiger partial charge on any atom is 0.262 e. The average molecular weight is 291 g/mol. The third-order valence-electron chi connectivity index (χ3n) is 4.30. The Morgan fingerprint density at radius 2 is 2.10 bits per heavy atom. The van der Waals surface area contributed by atoms with Crippen molar-refractivity contribution in [3.8, 4) is 5.75 Å². The van der Waals surface area contributed by atoms with Crippen molar-refractivity contribution >= 4 is 23.0 Å². The maximum atomic E-state index is 11.4. The van der Waals surface area contributed by atoms with E-state index in [1.165, 1.54) is 6.42 Å². The van der Waals surface area contributed by atoms with Gasteiger partial charge in [0.05, 0.1) is 29.2 Å². The number of hydrogen-bond donors (Lipinski definition) is 4. The Balaban J connectivity index is 1.88. The van der Waals surface area contributed by atoms with Crippen LogP contribution in [0.1, 0.15) is 32.1 Å². The van der Waals surface area contributed by atoms with Crippen molar-refractivity contribution in [3.63, 3.8) is 0 Å². The molecule has 1 heterocycles. The summed E-state index contributed by atoms with van der Waals surface area (Å²) in [5.41, 5.74) is 7.66. The Bertz CT molecular complexity index is 553. The molecular weight excluding hydrogens is 270 g/mol. The molecule has 21 heavy (non-hydrogen) atoms. The highest BCUT2D eigenvalue weighted by Gasteiger charge is 2.32. The minimum Gasteiger partial charge on any atom is -0.482 e. The quantitative estimate of drug-likeness (QED) is 0.636. The highest BCUT2D eigenvalue weighted by atomic mass is 16.5. The first kappa shape index (κ1) is 14.0. The fourth-order valence-corrected chi connectivity index (χ4v) is 3.09. The van der Waals surface area contributed by atoms with E-state index in [2.05, 4.69) is 10.6 Å². The van der Waals surface area contributed by atoms with E-state index < -0.39 is 0 Å². The highest BCUT2D eigenvalue weighted by molar-refractivity contribution is 5.97. The zero-order valence-corrected chi connectivity index (χ0v) is 11.9. The number of fused-ring (bicyclic) bond motifs is 1. The number of carbonyl (C=O) groups is 1. The summed E-state index contributed by atoms with van der Waals surface area (Å²) in [6.07, 6.45) is 5.23. The number of aliphatic hydroxyl groups is 1. The van der Waals surface area contributed by atoms with Crippen LogP contribution in [0.15, 0.2) is 12.1 Å². The van der Waals surface area contributed by atoms with Crippen molar-refractivity contribution in [2.45, 2.75) is 37.6 Å². The Hall–Kier alpha value is -1.95. The topological polar surface area (TPSA) is 96.6 Å². The van der Waals surface area contributed by atoms with Crippen molar-refractivity contribution in [2.75, 3.05) is 29.6 Å². The molecule has 1 saturated carbocycles. The normalized spacial score (nSPS) is 20.1. The first-order valence-corrected chi connectivity index (χ1v) is 7.37. The van der Waals surface area contributed by atoms with Crippen molar-refractivity contribution in [1.82, 2.24) is 0 Å². The monoisotopic (exact) mass is 291 g/mol. The number of rotatable bonds is 3. The number of carbonyl (C=O) groups excluding carboxylic acids is 1. The minimum absolute atomic E-state index is 0.0137. The Labute approximate surface area is 123 Å². The lowest BCUT2D eigenvalue weighted by molar-refractivity contribution is -0.118. The van der Waals surface area contributed by atoms with Crippen molar-refractivity contribution in [2.24, 2.45) is 0 Å². The zero-order valence-electron chi connectivity index (χ0n) is 11.9. The molecule has 1 aliphatic carbocycles. The molecule has 0 spiro atoms. The van der Waals surface area contributed by atoms with Crippen LogP contribution in [0.3, 0.4) is 0 Å². The number of hydrogen-bond acceptors (Lipinski definition) is 5. The number of amides is 1. The summed E-state index contributed by atoms with van der Waals surface area (Å²) in [6, 6.07) is 3.50. The molecule has 114 valence electrons. The van der Waals surface area contributed by atoms with Crippen molar-refractivity contribution in [1.29, 1.82) is 0 Å². The second-order valence-corrected chi connectivity index (χ2v) is 5.90. The van der Waals surface area contributed by atoms with Gasteiger partial charge in [0.1, 0.15) is 5.75 Å². The third-order valence-corrected chi connectivity index (χ3v) is 4.30. The highest BCUT2D eigenvalue weighted by Crippen LogP contribution is 2.38. The minimum atomic E-state index is -0.319. The number of aliphatic hydroxyl groups excluding tert-OH is 1. The SMILES string of the molecule is Nc1cc2c(cc1NC1(CO)CCCCC1)NC(=O)CO2. The summed E-state index contributed by atoms with van der Waals surface area (Å²) in [5.74, 6) is 0.409. The molecule has 0 saturated heterocycles. The summed E-state index contributed by atoms with van der Waals surface area (Å²) in [6.45, 7) is 0.0895. The number of nitrogens with two attached hydrogens (primary N) is 1. The van der Waals surface area contributed by atoms with E-state index >= 15 is 0 Å². The lowest BCUT2D eigenvalue weighted by atomic mass is 9.82. The number of anilines is 3. The Kier molecular flexibility index (Phi) is 3.63. The largest absolute Gasteiger partial charge is 0.482 e. The zero-order chi connectivity index (χ0) is 14.9. The summed E-state index contributed by atoms with van der Waals surface area (Å²) in [5, 5.41) is 15.9. The van der Waals surface area contributed by atoms with Crippen LogP contribution < -0.4 is 21.1 Å². The fourth-order valence-electron chi connectivity index (χ4n) is 3.09. The van der Waals surface area contributed by atoms with Gasteiger partial charge in [-0.05, 0) is 18.9 Å². The van der Waals surface area contributed by atoms with Crippen LogP contribution >= 0.6 is 0 Å². The van der Waals surface area contributed by atoms with E-state index in [1.807, 2.05) is 0 Å². The second kappa shape index (κ2) is 5.44. The van der Waals surface area contributed by atoms with Crippen LogP contribution in [0.25, 0.3) is 0 Å². The van der Waals surface area contributed by atoms with Crippen LogP contribution in [0, 0.1) is 0 Å². The van der Waals surface area contributed by atoms with Crippen LogP contribution in [0.5, 0.6) is 5.75 Å². The summed E-state index contributed by atoms with van der Waals surface area (Å²) in [7, 11) is 0. The molecule has 1 aliphatic heterocycles. The van der Waals surface area contributed by atoms with Crippen LogP contribution in [0.4, 0.5) is 17.1 Å². The van der Waals surface area contributed by atoms with Gasteiger partial charge in [0.25, 0.3) is 5.91 Å². The first-order valence-electron chi connectivity index (χ1n) is 7.37. The van der Waals surface area contributed by atoms with Gasteiger partial charge in [-0.15, -0.1) is 0 Å². The van der Waals surface area contributed by atoms with E-state index in [0.717, 1.165) is 31.4 Å². The molecule has 0 aromatic heterocycles. The van der Waals surface area contributed by atoms with Gasteiger partial charge >= 0.3 is 0 Å². The van der Waals surface area contributed by atoms with Gasteiger partial charge in [-0.3, -0.25) is 4.79 Å². The van der Waals surface area contributed by atoms with Gasteiger partial charge in [-0.1, -0.05) is 19.3 Å². The van der Waals surface area contributed by atoms with Crippen molar-refractivity contribution in [3.05, 3.63) is 12.1 Å². The van der Waals surface area contributed by atoms with Crippen molar-refractivity contribution < 1.29 is 14.6 Å². The molecule has 1 fully saturated rings. The second-order valence-electron chi connectivity index (χ2n) is 5.90. The smallest absolute Gasteiger partial charge is 0.262 e. The number of nitrogen functional groups attached to an aromatic ring is 1. The van der Waals surface area contributed by atoms with E-state index in [9.17, 15) is 9.90 Å². The molecule has 1 amide bonds. The summed E-state index contributed by atoms with van der Waals surface area (Å²) < 4.78 is 5.34. The molecule has 1 aromatic carbocycles. The molecule has 6 heteroatoms. The van der Waals surface area contributed by atoms with Gasteiger partial charge < -0.3 is 26.2 Å². The van der Waals surface area contributed by atoms with Gasteiger partial charge in [-0.25, -0.2) is 0 Å². The molecule has 0 bridgehead atoms. The van der Waals surface area contributed by atoms with E-state index in [-0.39, 0.29) is 24.7 Å². The standard InChI is InChI=1S/C15H21N3O3/c16-10-6-13-12(17-14(20)8-21-13)7-11(10)18-15(9-19)4-2-1-3-5-15/h6-7,18-19H,1-5,8-9,16H2,(H,17,20). The van der Waals surface area contributed by atoms with Crippen LogP contribution in [-0.4, -0.2) is 29.8 Å².